The minimum absolute atomic E-state index is 0.0554. The lowest BCUT2D eigenvalue weighted by atomic mass is 9.87. The van der Waals surface area contributed by atoms with Crippen LogP contribution in [0, 0.1) is 11.6 Å². The van der Waals surface area contributed by atoms with E-state index in [1.54, 1.807) is 18.2 Å². The SMILES string of the molecule is CC(C)c1nc(C(C)C)c(CSc2ccc(F)cc2)c(-c2ccc(F)cc2O)c1CO. The molecule has 1 heterocycles. The van der Waals surface area contributed by atoms with Crippen LogP contribution in [0.5, 0.6) is 5.75 Å². The van der Waals surface area contributed by atoms with E-state index in [0.29, 0.717) is 22.4 Å². The molecule has 164 valence electrons. The summed E-state index contributed by atoms with van der Waals surface area (Å²) in [5.41, 5.74) is 4.30. The quantitative estimate of drug-likeness (QED) is 0.396. The molecule has 0 fully saturated rings. The number of aromatic hydroxyl groups is 1. The van der Waals surface area contributed by atoms with Gasteiger partial charge < -0.3 is 10.2 Å². The third kappa shape index (κ3) is 5.08. The Morgan fingerprint density at radius 3 is 2.00 bits per heavy atom. The summed E-state index contributed by atoms with van der Waals surface area (Å²) in [6.45, 7) is 7.86. The van der Waals surface area contributed by atoms with Crippen molar-refractivity contribution >= 4 is 11.8 Å². The van der Waals surface area contributed by atoms with Crippen LogP contribution in [0.3, 0.4) is 0 Å². The first-order valence-electron chi connectivity index (χ1n) is 10.3. The lowest BCUT2D eigenvalue weighted by Crippen LogP contribution is -2.12. The molecule has 31 heavy (non-hydrogen) atoms. The van der Waals surface area contributed by atoms with Crippen LogP contribution >= 0.6 is 11.8 Å². The Kier molecular flexibility index (Phi) is 7.34. The molecule has 0 saturated heterocycles. The molecule has 6 heteroatoms. The van der Waals surface area contributed by atoms with Gasteiger partial charge in [-0.15, -0.1) is 11.8 Å². The van der Waals surface area contributed by atoms with E-state index in [1.165, 1.54) is 30.0 Å². The summed E-state index contributed by atoms with van der Waals surface area (Å²) < 4.78 is 27.0. The molecular formula is C25H27F2NO2S. The Balaban J connectivity index is 2.25. The van der Waals surface area contributed by atoms with Gasteiger partial charge in [0, 0.05) is 39.2 Å². The molecule has 0 aliphatic rings. The van der Waals surface area contributed by atoms with Gasteiger partial charge >= 0.3 is 0 Å². The number of rotatable bonds is 7. The minimum atomic E-state index is -0.531. The number of phenols is 1. The lowest BCUT2D eigenvalue weighted by Gasteiger charge is -2.24. The number of hydrogen-bond acceptors (Lipinski definition) is 4. The van der Waals surface area contributed by atoms with E-state index in [1.807, 2.05) is 27.7 Å². The number of thioether (sulfide) groups is 1. The molecule has 0 unspecified atom stereocenters. The molecule has 3 nitrogen and oxygen atoms in total. The number of aliphatic hydroxyl groups excluding tert-OH is 1. The third-order valence-electron chi connectivity index (χ3n) is 5.14. The molecular weight excluding hydrogens is 416 g/mol. The second kappa shape index (κ2) is 9.79. The van der Waals surface area contributed by atoms with Crippen molar-refractivity contribution < 1.29 is 19.0 Å². The Hall–Kier alpha value is -2.44. The minimum Gasteiger partial charge on any atom is -0.507 e. The molecule has 3 aromatic rings. The number of nitrogens with zero attached hydrogens (tertiary/aromatic N) is 1. The van der Waals surface area contributed by atoms with Gasteiger partial charge in [-0.2, -0.15) is 0 Å². The fourth-order valence-electron chi connectivity index (χ4n) is 3.69. The predicted molar refractivity (Wildman–Crippen MR) is 121 cm³/mol. The van der Waals surface area contributed by atoms with Crippen molar-refractivity contribution in [2.24, 2.45) is 0 Å². The molecule has 0 saturated carbocycles. The topological polar surface area (TPSA) is 53.4 Å². The number of halogens is 2. The highest BCUT2D eigenvalue weighted by Crippen LogP contribution is 2.42. The van der Waals surface area contributed by atoms with Crippen molar-refractivity contribution in [3.63, 3.8) is 0 Å². The molecule has 3 rings (SSSR count). The third-order valence-corrected chi connectivity index (χ3v) is 6.18. The van der Waals surface area contributed by atoms with E-state index in [0.717, 1.165) is 27.9 Å². The first-order valence-corrected chi connectivity index (χ1v) is 11.2. The average Bonchev–Trinajstić information content (AvgIpc) is 2.72. The van der Waals surface area contributed by atoms with E-state index in [-0.39, 0.29) is 30.0 Å². The van der Waals surface area contributed by atoms with E-state index in [4.69, 9.17) is 4.98 Å². The lowest BCUT2D eigenvalue weighted by molar-refractivity contribution is 0.279. The van der Waals surface area contributed by atoms with Gasteiger partial charge in [0.25, 0.3) is 0 Å². The second-order valence-corrected chi connectivity index (χ2v) is 9.13. The zero-order valence-corrected chi connectivity index (χ0v) is 18.9. The molecule has 0 atom stereocenters. The number of hydrogen-bond donors (Lipinski definition) is 2. The smallest absolute Gasteiger partial charge is 0.126 e. The zero-order valence-electron chi connectivity index (χ0n) is 18.1. The summed E-state index contributed by atoms with van der Waals surface area (Å²) in [5.74, 6) is -0.358. The Morgan fingerprint density at radius 1 is 0.871 bits per heavy atom. The summed E-state index contributed by atoms with van der Waals surface area (Å²) in [4.78, 5) is 5.81. The summed E-state index contributed by atoms with van der Waals surface area (Å²) >= 11 is 1.52. The largest absolute Gasteiger partial charge is 0.507 e. The first kappa shape index (κ1) is 23.2. The fraction of sp³-hybridized carbons (Fsp3) is 0.320. The average molecular weight is 444 g/mol. The summed E-state index contributed by atoms with van der Waals surface area (Å²) in [6, 6.07) is 10.2. The Labute approximate surface area is 186 Å². The normalized spacial score (nSPS) is 11.5. The summed E-state index contributed by atoms with van der Waals surface area (Å²) in [5, 5.41) is 20.9. The zero-order chi connectivity index (χ0) is 22.7. The molecule has 0 radical (unpaired) electrons. The van der Waals surface area contributed by atoms with Gasteiger partial charge in [-0.3, -0.25) is 4.98 Å². The fourth-order valence-corrected chi connectivity index (χ4v) is 4.62. The van der Waals surface area contributed by atoms with Gasteiger partial charge in [0.1, 0.15) is 17.4 Å². The molecule has 0 aliphatic heterocycles. The molecule has 0 bridgehead atoms. The van der Waals surface area contributed by atoms with Crippen molar-refractivity contribution in [1.82, 2.24) is 4.98 Å². The highest BCUT2D eigenvalue weighted by atomic mass is 32.2. The molecule has 2 N–H and O–H groups in total. The highest BCUT2D eigenvalue weighted by Gasteiger charge is 2.25. The number of aromatic nitrogens is 1. The maximum Gasteiger partial charge on any atom is 0.126 e. The Morgan fingerprint density at radius 2 is 1.45 bits per heavy atom. The van der Waals surface area contributed by atoms with Gasteiger partial charge in [0.15, 0.2) is 0 Å². The van der Waals surface area contributed by atoms with Gasteiger partial charge in [0.2, 0.25) is 0 Å². The van der Waals surface area contributed by atoms with Gasteiger partial charge in [-0.05, 0) is 59.4 Å². The van der Waals surface area contributed by atoms with Gasteiger partial charge in [-0.1, -0.05) is 27.7 Å². The maximum atomic E-state index is 13.7. The molecule has 1 aromatic heterocycles. The van der Waals surface area contributed by atoms with Gasteiger partial charge in [0.05, 0.1) is 6.61 Å². The standard InChI is InChI=1S/C25H27F2NO2S/c1-14(2)24-20(12-29)23(19-10-7-17(27)11-22(19)30)21(25(28-24)15(3)4)13-31-18-8-5-16(26)6-9-18/h5-11,14-15,29-30H,12-13H2,1-4H3. The molecule has 0 amide bonds. The second-order valence-electron chi connectivity index (χ2n) is 8.09. The molecule has 0 aliphatic carbocycles. The van der Waals surface area contributed by atoms with Crippen LogP contribution in [0.15, 0.2) is 47.4 Å². The van der Waals surface area contributed by atoms with E-state index >= 15 is 0 Å². The van der Waals surface area contributed by atoms with Crippen molar-refractivity contribution in [3.05, 3.63) is 76.6 Å². The van der Waals surface area contributed by atoms with Gasteiger partial charge in [-0.25, -0.2) is 8.78 Å². The van der Waals surface area contributed by atoms with E-state index in [2.05, 4.69) is 0 Å². The van der Waals surface area contributed by atoms with Crippen molar-refractivity contribution in [2.45, 2.75) is 56.8 Å². The number of aliphatic hydroxyl groups is 1. The van der Waals surface area contributed by atoms with Crippen LogP contribution in [0.25, 0.3) is 11.1 Å². The van der Waals surface area contributed by atoms with Crippen LogP contribution in [0.4, 0.5) is 8.78 Å². The monoisotopic (exact) mass is 443 g/mol. The van der Waals surface area contributed by atoms with Crippen LogP contribution in [0.2, 0.25) is 0 Å². The maximum absolute atomic E-state index is 13.7. The van der Waals surface area contributed by atoms with Crippen molar-refractivity contribution in [1.29, 1.82) is 0 Å². The van der Waals surface area contributed by atoms with Crippen molar-refractivity contribution in [2.75, 3.05) is 0 Å². The number of pyridine rings is 1. The van der Waals surface area contributed by atoms with Crippen LogP contribution in [-0.4, -0.2) is 15.2 Å². The first-order chi connectivity index (χ1) is 14.7. The van der Waals surface area contributed by atoms with Crippen LogP contribution < -0.4 is 0 Å². The summed E-state index contributed by atoms with van der Waals surface area (Å²) in [6.07, 6.45) is 0. The van der Waals surface area contributed by atoms with Crippen molar-refractivity contribution in [3.8, 4) is 16.9 Å². The number of phenolic OH excluding ortho intramolecular Hbond substituents is 1. The number of benzene rings is 2. The molecule has 0 spiro atoms. The highest BCUT2D eigenvalue weighted by molar-refractivity contribution is 7.98. The van der Waals surface area contributed by atoms with Crippen LogP contribution in [0.1, 0.15) is 62.0 Å². The molecule has 2 aromatic carbocycles. The van der Waals surface area contributed by atoms with E-state index in [9.17, 15) is 19.0 Å². The summed E-state index contributed by atoms with van der Waals surface area (Å²) in [7, 11) is 0. The Bertz CT molecular complexity index is 1070. The predicted octanol–water partition coefficient (Wildman–Crippen LogP) is 6.76. The van der Waals surface area contributed by atoms with Crippen LogP contribution in [-0.2, 0) is 12.4 Å². The van der Waals surface area contributed by atoms with E-state index < -0.39 is 5.82 Å².